The third-order valence-electron chi connectivity index (χ3n) is 3.95. The van der Waals surface area contributed by atoms with Gasteiger partial charge < -0.3 is 0 Å². The number of nitrogens with zero attached hydrogens (tertiary/aromatic N) is 2. The molecule has 7 heteroatoms. The Balaban J connectivity index is 2.04. The third-order valence-corrected chi connectivity index (χ3v) is 5.24. The SMILES string of the molecule is CCCCc1ccnc2c1C(=O)C1SC([N+](=O)[O-])=CC1C2=O. The number of aromatic nitrogens is 1. The molecule has 1 aliphatic heterocycles. The van der Waals surface area contributed by atoms with Gasteiger partial charge in [-0.3, -0.25) is 24.7 Å². The number of carbonyl (C=O) groups excluding carboxylic acids is 2. The molecule has 0 spiro atoms. The van der Waals surface area contributed by atoms with E-state index >= 15 is 0 Å². The maximum Gasteiger partial charge on any atom is 0.300 e. The Labute approximate surface area is 131 Å². The predicted molar refractivity (Wildman–Crippen MR) is 81.5 cm³/mol. The Morgan fingerprint density at radius 2 is 2.14 bits per heavy atom. The Hall–Kier alpha value is -2.02. The van der Waals surface area contributed by atoms with Gasteiger partial charge in [0.25, 0.3) is 0 Å². The average Bonchev–Trinajstić information content (AvgIpc) is 2.96. The predicted octanol–water partition coefficient (Wildman–Crippen LogP) is 2.65. The quantitative estimate of drug-likeness (QED) is 0.626. The molecule has 0 aromatic carbocycles. The monoisotopic (exact) mass is 318 g/mol. The lowest BCUT2D eigenvalue weighted by Gasteiger charge is -2.24. The van der Waals surface area contributed by atoms with E-state index in [9.17, 15) is 19.7 Å². The van der Waals surface area contributed by atoms with Crippen molar-refractivity contribution in [1.29, 1.82) is 0 Å². The highest BCUT2D eigenvalue weighted by molar-refractivity contribution is 8.04. The summed E-state index contributed by atoms with van der Waals surface area (Å²) in [6.45, 7) is 2.05. The molecule has 1 aliphatic carbocycles. The van der Waals surface area contributed by atoms with E-state index in [-0.39, 0.29) is 22.3 Å². The van der Waals surface area contributed by atoms with Crippen molar-refractivity contribution in [3.8, 4) is 0 Å². The lowest BCUT2D eigenvalue weighted by molar-refractivity contribution is -0.410. The van der Waals surface area contributed by atoms with Crippen LogP contribution < -0.4 is 0 Å². The van der Waals surface area contributed by atoms with Gasteiger partial charge in [-0.25, -0.2) is 0 Å². The van der Waals surface area contributed by atoms with Crippen LogP contribution in [0.2, 0.25) is 0 Å². The van der Waals surface area contributed by atoms with Crippen molar-refractivity contribution in [2.75, 3.05) is 0 Å². The molecule has 0 saturated carbocycles. The van der Waals surface area contributed by atoms with Gasteiger partial charge in [-0.1, -0.05) is 13.3 Å². The molecule has 0 N–H and O–H groups in total. The smallest absolute Gasteiger partial charge is 0.293 e. The zero-order valence-electron chi connectivity index (χ0n) is 11.9. The zero-order chi connectivity index (χ0) is 15.9. The standard InChI is InChI=1S/C15H14N2O4S/c1-2-3-4-8-5-6-16-12-11(8)14(19)15-9(13(12)18)7-10(22-15)17(20)21/h5-7,9,15H,2-4H2,1H3. The first-order valence-electron chi connectivity index (χ1n) is 7.13. The fraction of sp³-hybridized carbons (Fsp3) is 0.400. The number of aryl methyl sites for hydroxylation is 1. The maximum absolute atomic E-state index is 12.7. The second kappa shape index (κ2) is 5.64. The summed E-state index contributed by atoms with van der Waals surface area (Å²) in [5.41, 5.74) is 1.35. The summed E-state index contributed by atoms with van der Waals surface area (Å²) in [6.07, 6.45) is 5.43. The molecular formula is C15H14N2O4S. The van der Waals surface area contributed by atoms with Gasteiger partial charge >= 0.3 is 5.03 Å². The number of rotatable bonds is 4. The number of hydrogen-bond acceptors (Lipinski definition) is 6. The lowest BCUT2D eigenvalue weighted by Crippen LogP contribution is -2.37. The fourth-order valence-electron chi connectivity index (χ4n) is 2.86. The van der Waals surface area contributed by atoms with Crippen LogP contribution >= 0.6 is 11.8 Å². The van der Waals surface area contributed by atoms with Crippen molar-refractivity contribution >= 4 is 23.3 Å². The Morgan fingerprint density at radius 1 is 1.36 bits per heavy atom. The van der Waals surface area contributed by atoms with Crippen LogP contribution in [0.3, 0.4) is 0 Å². The molecule has 0 saturated heterocycles. The Kier molecular flexibility index (Phi) is 3.82. The molecule has 2 atom stereocenters. The van der Waals surface area contributed by atoms with Crippen LogP contribution in [-0.4, -0.2) is 26.7 Å². The number of thioether (sulfide) groups is 1. The molecule has 2 unspecified atom stereocenters. The minimum atomic E-state index is -0.765. The van der Waals surface area contributed by atoms with E-state index in [2.05, 4.69) is 11.9 Å². The molecular weight excluding hydrogens is 304 g/mol. The van der Waals surface area contributed by atoms with Crippen molar-refractivity contribution in [3.05, 3.63) is 50.3 Å². The van der Waals surface area contributed by atoms with E-state index in [0.717, 1.165) is 30.2 Å². The molecule has 0 radical (unpaired) electrons. The van der Waals surface area contributed by atoms with Crippen LogP contribution in [0.15, 0.2) is 23.4 Å². The van der Waals surface area contributed by atoms with Crippen molar-refractivity contribution in [2.24, 2.45) is 5.92 Å². The van der Waals surface area contributed by atoms with Crippen molar-refractivity contribution in [2.45, 2.75) is 31.4 Å². The number of hydrogen-bond donors (Lipinski definition) is 0. The second-order valence-corrected chi connectivity index (χ2v) is 6.51. The van der Waals surface area contributed by atoms with E-state index in [1.807, 2.05) is 0 Å². The van der Waals surface area contributed by atoms with Crippen LogP contribution in [0, 0.1) is 16.0 Å². The average molecular weight is 318 g/mol. The number of unbranched alkanes of at least 4 members (excludes halogenated alkanes) is 1. The molecule has 0 bridgehead atoms. The number of carbonyl (C=O) groups is 2. The van der Waals surface area contributed by atoms with Gasteiger partial charge in [-0.05, 0) is 36.2 Å². The summed E-state index contributed by atoms with van der Waals surface area (Å²) in [5, 5.41) is 10.1. The van der Waals surface area contributed by atoms with Crippen LogP contribution in [0.1, 0.15) is 46.2 Å². The van der Waals surface area contributed by atoms with Gasteiger partial charge in [0.05, 0.1) is 21.7 Å². The summed E-state index contributed by atoms with van der Waals surface area (Å²) >= 11 is 0.875. The normalized spacial score (nSPS) is 23.0. The molecule has 0 fully saturated rings. The van der Waals surface area contributed by atoms with Crippen molar-refractivity contribution < 1.29 is 14.5 Å². The highest BCUT2D eigenvalue weighted by Crippen LogP contribution is 2.43. The molecule has 114 valence electrons. The minimum Gasteiger partial charge on any atom is -0.293 e. The minimum absolute atomic E-state index is 0.125. The van der Waals surface area contributed by atoms with E-state index in [1.165, 1.54) is 12.3 Å². The molecule has 2 aliphatic rings. The zero-order valence-corrected chi connectivity index (χ0v) is 12.8. The summed E-state index contributed by atoms with van der Waals surface area (Å²) in [5.74, 6) is -1.27. The molecule has 6 nitrogen and oxygen atoms in total. The number of allylic oxidation sites excluding steroid dienone is 1. The summed E-state index contributed by atoms with van der Waals surface area (Å²) < 4.78 is 0. The number of fused-ring (bicyclic) bond motifs is 2. The summed E-state index contributed by atoms with van der Waals surface area (Å²) in [7, 11) is 0. The lowest BCUT2D eigenvalue weighted by atomic mass is 9.81. The van der Waals surface area contributed by atoms with E-state index in [4.69, 9.17) is 0 Å². The molecule has 2 heterocycles. The highest BCUT2D eigenvalue weighted by Gasteiger charge is 2.49. The molecule has 3 rings (SSSR count). The van der Waals surface area contributed by atoms with Crippen molar-refractivity contribution in [3.63, 3.8) is 0 Å². The van der Waals surface area contributed by atoms with Crippen LogP contribution in [0.4, 0.5) is 0 Å². The summed E-state index contributed by atoms with van der Waals surface area (Å²) in [6, 6.07) is 1.77. The van der Waals surface area contributed by atoms with Crippen LogP contribution in [-0.2, 0) is 6.42 Å². The van der Waals surface area contributed by atoms with Crippen LogP contribution in [0.25, 0.3) is 0 Å². The molecule has 1 aromatic heterocycles. The first-order chi connectivity index (χ1) is 10.5. The first kappa shape index (κ1) is 14.9. The Morgan fingerprint density at radius 3 is 2.82 bits per heavy atom. The van der Waals surface area contributed by atoms with Gasteiger partial charge in [0.1, 0.15) is 5.69 Å². The third kappa shape index (κ3) is 2.25. The fourth-order valence-corrected chi connectivity index (χ4v) is 4.00. The van der Waals surface area contributed by atoms with E-state index in [0.29, 0.717) is 12.0 Å². The second-order valence-electron chi connectivity index (χ2n) is 5.35. The van der Waals surface area contributed by atoms with Crippen molar-refractivity contribution in [1.82, 2.24) is 4.98 Å². The largest absolute Gasteiger partial charge is 0.300 e. The maximum atomic E-state index is 12.7. The van der Waals surface area contributed by atoms with Gasteiger partial charge in [0, 0.05) is 12.3 Å². The molecule has 0 amide bonds. The van der Waals surface area contributed by atoms with Gasteiger partial charge in [0.2, 0.25) is 0 Å². The molecule has 1 aromatic rings. The summed E-state index contributed by atoms with van der Waals surface area (Å²) in [4.78, 5) is 39.7. The highest BCUT2D eigenvalue weighted by atomic mass is 32.2. The number of pyridine rings is 1. The number of nitro groups is 1. The van der Waals surface area contributed by atoms with E-state index in [1.54, 1.807) is 6.07 Å². The van der Waals surface area contributed by atoms with Crippen LogP contribution in [0.5, 0.6) is 0 Å². The van der Waals surface area contributed by atoms with Gasteiger partial charge in [0.15, 0.2) is 11.6 Å². The molecule has 22 heavy (non-hydrogen) atoms. The topological polar surface area (TPSA) is 90.2 Å². The van der Waals surface area contributed by atoms with E-state index < -0.39 is 16.1 Å². The Bertz CT molecular complexity index is 713. The number of Topliss-reactive ketones (excluding diaryl/α,β-unsaturated/α-hetero) is 2. The first-order valence-corrected chi connectivity index (χ1v) is 8.01. The number of ketones is 2. The van der Waals surface area contributed by atoms with Gasteiger partial charge in [-0.2, -0.15) is 0 Å². The van der Waals surface area contributed by atoms with Gasteiger partial charge in [-0.15, -0.1) is 0 Å².